The third-order valence-electron chi connectivity index (χ3n) is 10.0. The molecule has 7 atom stereocenters. The highest BCUT2D eigenvalue weighted by Gasteiger charge is 2.59. The number of amides is 1. The zero-order chi connectivity index (χ0) is 26.3. The van der Waals surface area contributed by atoms with Crippen molar-refractivity contribution >= 4 is 23.6 Å². The number of carbonyl (C=O) groups excluding carboxylic acids is 3. The number of carboxylic acid groups (broad SMARTS) is 1. The maximum absolute atomic E-state index is 12.7. The van der Waals surface area contributed by atoms with Gasteiger partial charge < -0.3 is 15.2 Å². The van der Waals surface area contributed by atoms with Crippen molar-refractivity contribution in [2.45, 2.75) is 110 Å². The van der Waals surface area contributed by atoms with Crippen LogP contribution in [0.25, 0.3) is 0 Å². The van der Waals surface area contributed by atoms with E-state index in [0.717, 1.165) is 44.9 Å². The van der Waals surface area contributed by atoms with Gasteiger partial charge in [0.15, 0.2) is 5.78 Å². The molecule has 4 rings (SSSR count). The van der Waals surface area contributed by atoms with Crippen molar-refractivity contribution in [2.75, 3.05) is 0 Å². The van der Waals surface area contributed by atoms with Gasteiger partial charge in [0.25, 0.3) is 0 Å². The zero-order valence-electron chi connectivity index (χ0n) is 22.3. The molecule has 3 saturated carbocycles. The number of allylic oxidation sites excluding steroid dienone is 1. The summed E-state index contributed by atoms with van der Waals surface area (Å²) < 4.78 is 5.99. The number of hydrogen-bond donors (Lipinski definition) is 2. The Labute approximate surface area is 214 Å². The number of esters is 1. The molecule has 1 amide bonds. The summed E-state index contributed by atoms with van der Waals surface area (Å²) in [5, 5.41) is 11.9. The third-order valence-corrected chi connectivity index (χ3v) is 10.0. The molecule has 0 radical (unpaired) electrons. The van der Waals surface area contributed by atoms with Gasteiger partial charge in [0, 0.05) is 18.3 Å². The average molecular weight is 502 g/mol. The maximum Gasteiger partial charge on any atom is 0.326 e. The fourth-order valence-corrected chi connectivity index (χ4v) is 8.10. The molecule has 3 fully saturated rings. The van der Waals surface area contributed by atoms with Crippen LogP contribution >= 0.6 is 0 Å². The number of rotatable bonds is 8. The lowest BCUT2D eigenvalue weighted by Crippen LogP contribution is -2.51. The summed E-state index contributed by atoms with van der Waals surface area (Å²) in [5.74, 6) is 0.263. The van der Waals surface area contributed by atoms with E-state index in [1.54, 1.807) is 0 Å². The molecular weight excluding hydrogens is 458 g/mol. The summed E-state index contributed by atoms with van der Waals surface area (Å²) in [6, 6.07) is -0.937. The van der Waals surface area contributed by atoms with E-state index in [0.29, 0.717) is 30.6 Å². The van der Waals surface area contributed by atoms with E-state index in [-0.39, 0.29) is 47.4 Å². The summed E-state index contributed by atoms with van der Waals surface area (Å²) >= 11 is 0. The minimum absolute atomic E-state index is 0.0383. The van der Waals surface area contributed by atoms with Gasteiger partial charge in [-0.05, 0) is 86.5 Å². The molecule has 0 saturated heterocycles. The van der Waals surface area contributed by atoms with Crippen LogP contribution in [0.1, 0.15) is 98.3 Å². The SMILES string of the molecule is CC(C)C[C@H](NC(=O)CCC(=O)O[C@@H]1CC[C@@H]2[C@H]3CCC4=CC(=O)CC[C@]4(C)[C@H]3CC[C@@]21C)C(=O)O. The van der Waals surface area contributed by atoms with E-state index >= 15 is 0 Å². The van der Waals surface area contributed by atoms with Crippen LogP contribution in [0.3, 0.4) is 0 Å². The Morgan fingerprint density at radius 2 is 1.81 bits per heavy atom. The standard InChI is InChI=1S/C29H43NO6/c1-17(2)15-23(27(34)35)30-25(32)9-10-26(33)36-24-8-7-21-20-6-5-18-16-19(31)11-13-28(18,3)22(20)12-14-29(21,24)4/h16-17,20-24H,5-15H2,1-4H3,(H,30,32)(H,34,35)/t20-,21-,22+,23+,24-,28+,29+/m1/s1. The van der Waals surface area contributed by atoms with E-state index in [1.807, 2.05) is 19.9 Å². The van der Waals surface area contributed by atoms with Crippen molar-refractivity contribution < 1.29 is 29.0 Å². The van der Waals surface area contributed by atoms with Gasteiger partial charge in [0.1, 0.15) is 12.1 Å². The Bertz CT molecular complexity index is 940. The molecule has 4 aliphatic rings. The Morgan fingerprint density at radius 3 is 2.50 bits per heavy atom. The highest BCUT2D eigenvalue weighted by molar-refractivity contribution is 5.91. The number of hydrogen-bond acceptors (Lipinski definition) is 5. The summed E-state index contributed by atoms with van der Waals surface area (Å²) in [6.45, 7) is 8.47. The molecule has 4 aliphatic carbocycles. The van der Waals surface area contributed by atoms with Crippen molar-refractivity contribution in [2.24, 2.45) is 34.5 Å². The Morgan fingerprint density at radius 1 is 1.06 bits per heavy atom. The summed E-state index contributed by atoms with van der Waals surface area (Å²) in [6.07, 6.45) is 9.81. The fraction of sp³-hybridized carbons (Fsp3) is 0.793. The first-order valence-corrected chi connectivity index (χ1v) is 13.9. The highest BCUT2D eigenvalue weighted by Crippen LogP contribution is 2.65. The first-order valence-electron chi connectivity index (χ1n) is 13.9. The van der Waals surface area contributed by atoms with Gasteiger partial charge in [0.05, 0.1) is 6.42 Å². The topological polar surface area (TPSA) is 110 Å². The molecule has 0 spiro atoms. The number of aliphatic carboxylic acids is 1. The van der Waals surface area contributed by atoms with E-state index < -0.39 is 17.9 Å². The Balaban J connectivity index is 1.33. The average Bonchev–Trinajstić information content (AvgIpc) is 3.13. The maximum atomic E-state index is 12.7. The van der Waals surface area contributed by atoms with Gasteiger partial charge >= 0.3 is 11.9 Å². The minimum atomic E-state index is -1.06. The van der Waals surface area contributed by atoms with Gasteiger partial charge in [-0.1, -0.05) is 33.3 Å². The van der Waals surface area contributed by atoms with Gasteiger partial charge in [-0.3, -0.25) is 14.4 Å². The Kier molecular flexibility index (Phi) is 7.68. The normalized spacial score (nSPS) is 36.2. The van der Waals surface area contributed by atoms with Gasteiger partial charge in [-0.2, -0.15) is 0 Å². The molecule has 0 bridgehead atoms. The molecule has 0 aliphatic heterocycles. The molecule has 0 unspecified atom stereocenters. The van der Waals surface area contributed by atoms with Crippen LogP contribution in [-0.4, -0.2) is 40.9 Å². The number of carboxylic acids is 1. The number of ketones is 1. The quantitative estimate of drug-likeness (QED) is 0.461. The highest BCUT2D eigenvalue weighted by atomic mass is 16.5. The van der Waals surface area contributed by atoms with E-state index in [1.165, 1.54) is 5.57 Å². The van der Waals surface area contributed by atoms with Gasteiger partial charge in [0.2, 0.25) is 5.91 Å². The molecule has 0 aromatic carbocycles. The van der Waals surface area contributed by atoms with E-state index in [9.17, 15) is 24.3 Å². The van der Waals surface area contributed by atoms with Crippen LogP contribution in [0.5, 0.6) is 0 Å². The van der Waals surface area contributed by atoms with E-state index in [4.69, 9.17) is 4.74 Å². The van der Waals surface area contributed by atoms with Gasteiger partial charge in [-0.25, -0.2) is 4.79 Å². The van der Waals surface area contributed by atoms with Crippen molar-refractivity contribution in [3.05, 3.63) is 11.6 Å². The number of carbonyl (C=O) groups is 4. The Hall–Kier alpha value is -2.18. The van der Waals surface area contributed by atoms with Crippen molar-refractivity contribution in [1.29, 1.82) is 0 Å². The number of nitrogens with one attached hydrogen (secondary N) is 1. The second-order valence-electron chi connectivity index (χ2n) is 12.7. The van der Waals surface area contributed by atoms with Crippen LogP contribution in [0.4, 0.5) is 0 Å². The molecule has 7 heteroatoms. The third kappa shape index (κ3) is 5.12. The first-order chi connectivity index (χ1) is 16.9. The summed E-state index contributed by atoms with van der Waals surface area (Å²) in [7, 11) is 0. The second kappa shape index (κ2) is 10.3. The van der Waals surface area contributed by atoms with Crippen LogP contribution < -0.4 is 5.32 Å². The van der Waals surface area contributed by atoms with Crippen molar-refractivity contribution in [1.82, 2.24) is 5.32 Å². The molecule has 200 valence electrons. The largest absolute Gasteiger partial charge is 0.480 e. The predicted octanol–water partition coefficient (Wildman–Crippen LogP) is 4.83. The molecule has 2 N–H and O–H groups in total. The smallest absolute Gasteiger partial charge is 0.326 e. The summed E-state index contributed by atoms with van der Waals surface area (Å²) in [4.78, 5) is 48.4. The molecule has 7 nitrogen and oxygen atoms in total. The van der Waals surface area contributed by atoms with Crippen LogP contribution in [0.2, 0.25) is 0 Å². The van der Waals surface area contributed by atoms with Crippen molar-refractivity contribution in [3.8, 4) is 0 Å². The first kappa shape index (κ1) is 26.9. The fourth-order valence-electron chi connectivity index (χ4n) is 8.10. The lowest BCUT2D eigenvalue weighted by atomic mass is 9.47. The van der Waals surface area contributed by atoms with Crippen LogP contribution in [-0.2, 0) is 23.9 Å². The van der Waals surface area contributed by atoms with Crippen LogP contribution in [0.15, 0.2) is 11.6 Å². The lowest BCUT2D eigenvalue weighted by Gasteiger charge is -2.57. The number of fused-ring (bicyclic) bond motifs is 5. The minimum Gasteiger partial charge on any atom is -0.480 e. The van der Waals surface area contributed by atoms with Gasteiger partial charge in [-0.15, -0.1) is 0 Å². The molecule has 0 heterocycles. The number of ether oxygens (including phenoxy) is 1. The lowest BCUT2D eigenvalue weighted by molar-refractivity contribution is -0.160. The molecule has 36 heavy (non-hydrogen) atoms. The molecular formula is C29H43NO6. The van der Waals surface area contributed by atoms with E-state index in [2.05, 4.69) is 19.2 Å². The zero-order valence-corrected chi connectivity index (χ0v) is 22.3. The molecule has 0 aromatic rings. The second-order valence-corrected chi connectivity index (χ2v) is 12.7. The predicted molar refractivity (Wildman–Crippen MR) is 135 cm³/mol. The molecule has 0 aromatic heterocycles. The summed E-state index contributed by atoms with van der Waals surface area (Å²) in [5.41, 5.74) is 1.44. The van der Waals surface area contributed by atoms with Crippen molar-refractivity contribution in [3.63, 3.8) is 0 Å². The monoisotopic (exact) mass is 501 g/mol. The van der Waals surface area contributed by atoms with Crippen LogP contribution in [0, 0.1) is 34.5 Å².